The Morgan fingerprint density at radius 2 is 2.02 bits per heavy atom. The van der Waals surface area contributed by atoms with Crippen molar-refractivity contribution in [3.8, 4) is 34.8 Å². The first-order valence-electron chi connectivity index (χ1n) is 14.6. The molecule has 4 N–H and O–H groups in total. The average molecular weight is 590 g/mol. The molecule has 2 aromatic carbocycles. The lowest BCUT2D eigenvalue weighted by Gasteiger charge is -2.60. The molecule has 1 amide bonds. The van der Waals surface area contributed by atoms with Crippen molar-refractivity contribution in [3.05, 3.63) is 52.1 Å². The van der Waals surface area contributed by atoms with Crippen LogP contribution in [0.1, 0.15) is 52.4 Å². The van der Waals surface area contributed by atoms with Gasteiger partial charge in [-0.25, -0.2) is 0 Å². The Morgan fingerprint density at radius 3 is 2.70 bits per heavy atom. The smallest absolute Gasteiger partial charge is 0.236 e. The number of carbonyl (C=O) groups is 1. The molecule has 0 radical (unpaired) electrons. The lowest BCUT2D eigenvalue weighted by molar-refractivity contribution is -0.123. The Labute approximate surface area is 251 Å². The number of likely N-dealkylation sites (N-methyl/N-ethyl adjacent to an activating group) is 1. The van der Waals surface area contributed by atoms with Gasteiger partial charge >= 0.3 is 0 Å². The second kappa shape index (κ2) is 10.9. The normalized spacial score (nSPS) is 25.9. The van der Waals surface area contributed by atoms with Crippen molar-refractivity contribution in [2.24, 2.45) is 5.73 Å². The molecule has 11 heteroatoms. The van der Waals surface area contributed by atoms with Crippen molar-refractivity contribution in [2.75, 3.05) is 34.1 Å². The summed E-state index contributed by atoms with van der Waals surface area (Å²) in [6.07, 6.45) is 2.78. The summed E-state index contributed by atoms with van der Waals surface area (Å²) in [4.78, 5) is 17.2. The number of nitrogens with zero attached hydrogens (tertiary/aromatic N) is 3. The minimum atomic E-state index is -0.702. The lowest BCUT2D eigenvalue weighted by Crippen LogP contribution is -2.68. The number of nitrogens with one attached hydrogen (secondary N) is 1. The molecule has 11 nitrogen and oxygen atoms in total. The highest BCUT2D eigenvalue weighted by molar-refractivity contribution is 5.81. The number of phenols is 1. The first-order valence-corrected chi connectivity index (χ1v) is 14.6. The number of aromatic hydroxyl groups is 1. The molecule has 2 aromatic rings. The summed E-state index contributed by atoms with van der Waals surface area (Å²) in [5, 5.41) is 25.4. The number of ether oxygens (including phenoxy) is 4. The quantitative estimate of drug-likeness (QED) is 0.413. The zero-order chi connectivity index (χ0) is 30.7. The average Bonchev–Trinajstić information content (AvgIpc) is 3.46. The molecule has 2 bridgehead atoms. The number of rotatable bonds is 7. The largest absolute Gasteiger partial charge is 0.504 e. The van der Waals surface area contributed by atoms with Gasteiger partial charge < -0.3 is 35.1 Å². The molecule has 6 atom stereocenters. The van der Waals surface area contributed by atoms with Crippen LogP contribution in [-0.4, -0.2) is 79.1 Å². The van der Waals surface area contributed by atoms with Crippen LogP contribution in [0, 0.1) is 25.2 Å². The summed E-state index contributed by atoms with van der Waals surface area (Å²) >= 11 is 0. The van der Waals surface area contributed by atoms with Crippen molar-refractivity contribution in [1.29, 1.82) is 5.26 Å². The van der Waals surface area contributed by atoms with Gasteiger partial charge in [0.15, 0.2) is 23.0 Å². The molecule has 0 spiro atoms. The molecular weight excluding hydrogens is 550 g/mol. The van der Waals surface area contributed by atoms with E-state index in [0.717, 1.165) is 33.4 Å². The number of aryl methyl sites for hydroxylation is 1. The molecule has 4 aliphatic heterocycles. The van der Waals surface area contributed by atoms with Gasteiger partial charge in [-0.05, 0) is 51.8 Å². The number of hydrogen-bond acceptors (Lipinski definition) is 10. The number of hydrogen-bond donors (Lipinski definition) is 3. The van der Waals surface area contributed by atoms with Crippen LogP contribution in [-0.2, 0) is 17.6 Å². The molecular formula is C32H39N5O6. The molecule has 4 heterocycles. The maximum atomic E-state index is 12.8. The molecule has 0 saturated carbocycles. The van der Waals surface area contributed by atoms with E-state index >= 15 is 0 Å². The maximum absolute atomic E-state index is 12.8. The Morgan fingerprint density at radius 1 is 1.28 bits per heavy atom. The van der Waals surface area contributed by atoms with Crippen LogP contribution in [0.25, 0.3) is 0 Å². The van der Waals surface area contributed by atoms with E-state index in [9.17, 15) is 15.2 Å². The number of phenolic OH excluding ortho intramolecular Hbond substituents is 1. The van der Waals surface area contributed by atoms with Crippen molar-refractivity contribution in [3.63, 3.8) is 0 Å². The van der Waals surface area contributed by atoms with Crippen LogP contribution < -0.4 is 30.0 Å². The van der Waals surface area contributed by atoms with Crippen LogP contribution in [0.4, 0.5) is 0 Å². The SMILES string of the molecule is C=CCOc1c(C)c2c(c3c1CC1C4c5c(cc(C)c(OC)c5O)C[C@@H]([C@H](C#N)N1[C@H]3CNC(=O)[C@H](C)N)N4C)OCO2. The summed E-state index contributed by atoms with van der Waals surface area (Å²) in [6, 6.07) is 2.30. The second-order valence-electron chi connectivity index (χ2n) is 11.9. The molecule has 1 saturated heterocycles. The monoisotopic (exact) mass is 589 g/mol. The van der Waals surface area contributed by atoms with E-state index < -0.39 is 18.1 Å². The highest BCUT2D eigenvalue weighted by Crippen LogP contribution is 2.58. The van der Waals surface area contributed by atoms with Crippen LogP contribution in [0.5, 0.6) is 28.7 Å². The van der Waals surface area contributed by atoms with Crippen LogP contribution in [0.15, 0.2) is 18.7 Å². The predicted octanol–water partition coefficient (Wildman–Crippen LogP) is 2.55. The summed E-state index contributed by atoms with van der Waals surface area (Å²) in [7, 11) is 3.58. The molecule has 0 aromatic heterocycles. The number of nitrogens with two attached hydrogens (primary N) is 1. The van der Waals surface area contributed by atoms with Gasteiger partial charge in [-0.2, -0.15) is 5.26 Å². The molecule has 43 heavy (non-hydrogen) atoms. The number of fused-ring (bicyclic) bond motifs is 9. The third kappa shape index (κ3) is 4.31. The van der Waals surface area contributed by atoms with Crippen molar-refractivity contribution in [1.82, 2.24) is 15.1 Å². The zero-order valence-corrected chi connectivity index (χ0v) is 25.3. The highest BCUT2D eigenvalue weighted by atomic mass is 16.7. The molecule has 0 aliphatic carbocycles. The van der Waals surface area contributed by atoms with Gasteiger partial charge in [0.1, 0.15) is 18.4 Å². The third-order valence-corrected chi connectivity index (χ3v) is 9.49. The fraction of sp³-hybridized carbons (Fsp3) is 0.500. The Balaban J connectivity index is 1.60. The molecule has 4 aliphatic rings. The first-order chi connectivity index (χ1) is 20.6. The molecule has 1 fully saturated rings. The van der Waals surface area contributed by atoms with E-state index in [0.29, 0.717) is 42.4 Å². The number of carbonyl (C=O) groups excluding carboxylic acids is 1. The van der Waals surface area contributed by atoms with Gasteiger partial charge in [-0.3, -0.25) is 14.6 Å². The zero-order valence-electron chi connectivity index (χ0n) is 25.3. The topological polar surface area (TPSA) is 143 Å². The Hall–Kier alpha value is -3.98. The van der Waals surface area contributed by atoms with E-state index in [1.54, 1.807) is 20.1 Å². The summed E-state index contributed by atoms with van der Waals surface area (Å²) in [5.74, 6) is 2.18. The van der Waals surface area contributed by atoms with Crippen LogP contribution in [0.3, 0.4) is 0 Å². The minimum Gasteiger partial charge on any atom is -0.504 e. The fourth-order valence-corrected chi connectivity index (χ4v) is 7.73. The summed E-state index contributed by atoms with van der Waals surface area (Å²) < 4.78 is 24.0. The van der Waals surface area contributed by atoms with Gasteiger partial charge in [0, 0.05) is 40.9 Å². The number of benzene rings is 2. The predicted molar refractivity (Wildman–Crippen MR) is 159 cm³/mol. The van der Waals surface area contributed by atoms with E-state index in [2.05, 4.69) is 33.8 Å². The van der Waals surface area contributed by atoms with Crippen molar-refractivity contribution < 1.29 is 28.8 Å². The number of nitriles is 1. The van der Waals surface area contributed by atoms with E-state index in [-0.39, 0.29) is 43.1 Å². The summed E-state index contributed by atoms with van der Waals surface area (Å²) in [6.45, 7) is 9.89. The standard InChI is InChI=1S/C32H39N5O6/c1-7-8-41-29-16(3)30-31(43-14-42-30)25-19(29)11-21-26-24-18(9-15(2)28(40-6)27(24)38)10-20(36(26)5)22(12-33)37(21)23(25)13-35-32(39)17(4)34/h7,9,17,20-23,26,38H,1,8,10-11,13-14,34H2,2-6H3,(H,35,39)/t17-,20-,21?,22-,23-,26?/m0/s1. The number of methoxy groups -OCH3 is 1. The maximum Gasteiger partial charge on any atom is 0.236 e. The van der Waals surface area contributed by atoms with Crippen molar-refractivity contribution in [2.45, 2.75) is 69.9 Å². The minimum absolute atomic E-state index is 0.0614. The van der Waals surface area contributed by atoms with Gasteiger partial charge in [0.2, 0.25) is 12.7 Å². The van der Waals surface area contributed by atoms with Gasteiger partial charge in [0.05, 0.1) is 31.3 Å². The number of piperazine rings is 1. The molecule has 2 unspecified atom stereocenters. The first kappa shape index (κ1) is 29.1. The van der Waals surface area contributed by atoms with Crippen LogP contribution >= 0.6 is 0 Å². The Kier molecular flexibility index (Phi) is 7.40. The fourth-order valence-electron chi connectivity index (χ4n) is 7.73. The van der Waals surface area contributed by atoms with Gasteiger partial charge in [0.25, 0.3) is 0 Å². The highest BCUT2D eigenvalue weighted by Gasteiger charge is 2.56. The van der Waals surface area contributed by atoms with Gasteiger partial charge in [-0.1, -0.05) is 18.7 Å². The van der Waals surface area contributed by atoms with Crippen molar-refractivity contribution >= 4 is 5.91 Å². The molecule has 228 valence electrons. The van der Waals surface area contributed by atoms with E-state index in [1.807, 2.05) is 20.9 Å². The number of amides is 1. The van der Waals surface area contributed by atoms with E-state index in [4.69, 9.17) is 24.7 Å². The molecule has 6 rings (SSSR count). The Bertz CT molecular complexity index is 1530. The second-order valence-corrected chi connectivity index (χ2v) is 11.9. The van der Waals surface area contributed by atoms with Crippen LogP contribution in [0.2, 0.25) is 0 Å². The summed E-state index contributed by atoms with van der Waals surface area (Å²) in [5.41, 5.74) is 11.2. The third-order valence-electron chi connectivity index (χ3n) is 9.49. The van der Waals surface area contributed by atoms with E-state index in [1.165, 1.54) is 0 Å². The van der Waals surface area contributed by atoms with Gasteiger partial charge in [-0.15, -0.1) is 0 Å². The lowest BCUT2D eigenvalue weighted by atomic mass is 9.71.